The molecule has 0 saturated heterocycles. The highest BCUT2D eigenvalue weighted by Gasteiger charge is 2.07. The number of anilines is 1. The Morgan fingerprint density at radius 2 is 2.24 bits per heavy atom. The van der Waals surface area contributed by atoms with Crippen molar-refractivity contribution in [3.63, 3.8) is 0 Å². The SMILES string of the molecule is COCCN=C(N)Nc1nc(-c2cccc(CNC(=O)OC)c2)cs1. The van der Waals surface area contributed by atoms with Gasteiger partial charge in [-0.05, 0) is 11.6 Å². The second kappa shape index (κ2) is 9.60. The molecule has 0 aliphatic heterocycles. The second-order valence-corrected chi connectivity index (χ2v) is 5.83. The van der Waals surface area contributed by atoms with Crippen LogP contribution in [0.2, 0.25) is 0 Å². The second-order valence-electron chi connectivity index (χ2n) is 4.97. The summed E-state index contributed by atoms with van der Waals surface area (Å²) < 4.78 is 9.48. The molecule has 1 aromatic heterocycles. The Labute approximate surface area is 150 Å². The summed E-state index contributed by atoms with van der Waals surface area (Å²) in [6.07, 6.45) is -0.464. The first-order valence-electron chi connectivity index (χ1n) is 7.55. The number of nitrogens with zero attached hydrogens (tertiary/aromatic N) is 2. The van der Waals surface area contributed by atoms with E-state index in [0.717, 1.165) is 16.8 Å². The van der Waals surface area contributed by atoms with Crippen LogP contribution in [-0.4, -0.2) is 44.4 Å². The first-order chi connectivity index (χ1) is 12.1. The van der Waals surface area contributed by atoms with Gasteiger partial charge in [-0.3, -0.25) is 4.99 Å². The Kier molecular flexibility index (Phi) is 7.17. The number of nitrogens with two attached hydrogens (primary N) is 1. The number of amides is 1. The van der Waals surface area contributed by atoms with Crippen molar-refractivity contribution in [1.82, 2.24) is 10.3 Å². The zero-order valence-electron chi connectivity index (χ0n) is 14.1. The van der Waals surface area contributed by atoms with E-state index in [1.165, 1.54) is 18.4 Å². The number of alkyl carbamates (subject to hydrolysis) is 1. The van der Waals surface area contributed by atoms with Crippen molar-refractivity contribution in [3.8, 4) is 11.3 Å². The highest BCUT2D eigenvalue weighted by molar-refractivity contribution is 7.14. The molecule has 8 nitrogen and oxygen atoms in total. The van der Waals surface area contributed by atoms with Crippen molar-refractivity contribution in [1.29, 1.82) is 0 Å². The minimum atomic E-state index is -0.464. The Hall–Kier alpha value is -2.65. The summed E-state index contributed by atoms with van der Waals surface area (Å²) in [6, 6.07) is 7.75. The Morgan fingerprint density at radius 3 is 3.00 bits per heavy atom. The van der Waals surface area contributed by atoms with Crippen LogP contribution in [0, 0.1) is 0 Å². The van der Waals surface area contributed by atoms with E-state index in [9.17, 15) is 4.79 Å². The monoisotopic (exact) mass is 363 g/mol. The fourth-order valence-corrected chi connectivity index (χ4v) is 2.68. The fourth-order valence-electron chi connectivity index (χ4n) is 1.96. The lowest BCUT2D eigenvalue weighted by Crippen LogP contribution is -2.23. The summed E-state index contributed by atoms with van der Waals surface area (Å²) >= 11 is 1.44. The number of carbonyl (C=O) groups is 1. The van der Waals surface area contributed by atoms with Crippen molar-refractivity contribution in [2.75, 3.05) is 32.7 Å². The number of thiazole rings is 1. The van der Waals surface area contributed by atoms with E-state index in [2.05, 4.69) is 25.3 Å². The molecular formula is C16H21N5O3S. The van der Waals surface area contributed by atoms with Crippen molar-refractivity contribution >= 4 is 28.5 Å². The van der Waals surface area contributed by atoms with Gasteiger partial charge in [0.05, 0.1) is 26.0 Å². The minimum Gasteiger partial charge on any atom is -0.453 e. The Morgan fingerprint density at radius 1 is 1.40 bits per heavy atom. The maximum atomic E-state index is 11.2. The third-order valence-electron chi connectivity index (χ3n) is 3.16. The van der Waals surface area contributed by atoms with Crippen LogP contribution < -0.4 is 16.4 Å². The molecule has 9 heteroatoms. The molecule has 1 amide bonds. The molecule has 4 N–H and O–H groups in total. The van der Waals surface area contributed by atoms with Crippen LogP contribution in [0.3, 0.4) is 0 Å². The summed E-state index contributed by atoms with van der Waals surface area (Å²) in [4.78, 5) is 19.8. The molecule has 0 aliphatic carbocycles. The maximum absolute atomic E-state index is 11.2. The van der Waals surface area contributed by atoms with E-state index in [4.69, 9.17) is 10.5 Å². The van der Waals surface area contributed by atoms with Crippen LogP contribution in [0.25, 0.3) is 11.3 Å². The number of rotatable bonds is 7. The molecule has 2 rings (SSSR count). The van der Waals surface area contributed by atoms with Gasteiger partial charge < -0.3 is 25.8 Å². The molecule has 0 spiro atoms. The van der Waals surface area contributed by atoms with Gasteiger partial charge in [0.1, 0.15) is 0 Å². The topological polar surface area (TPSA) is 111 Å². The van der Waals surface area contributed by atoms with E-state index in [1.807, 2.05) is 29.6 Å². The van der Waals surface area contributed by atoms with Gasteiger partial charge in [0, 0.05) is 24.6 Å². The number of aliphatic imine (C=N–C) groups is 1. The van der Waals surface area contributed by atoms with Crippen LogP contribution in [0.15, 0.2) is 34.6 Å². The number of methoxy groups -OCH3 is 2. The van der Waals surface area contributed by atoms with Crippen LogP contribution in [0.4, 0.5) is 9.93 Å². The highest BCUT2D eigenvalue weighted by Crippen LogP contribution is 2.25. The third-order valence-corrected chi connectivity index (χ3v) is 3.92. The number of aromatic nitrogens is 1. The zero-order chi connectivity index (χ0) is 18.1. The third kappa shape index (κ3) is 6.05. The maximum Gasteiger partial charge on any atom is 0.407 e. The largest absolute Gasteiger partial charge is 0.453 e. The zero-order valence-corrected chi connectivity index (χ0v) is 14.9. The van der Waals surface area contributed by atoms with Gasteiger partial charge in [0.2, 0.25) is 0 Å². The molecule has 0 atom stereocenters. The van der Waals surface area contributed by atoms with Gasteiger partial charge in [-0.2, -0.15) is 0 Å². The number of guanidine groups is 1. The molecule has 2 aromatic rings. The van der Waals surface area contributed by atoms with E-state index < -0.39 is 6.09 Å². The normalized spacial score (nSPS) is 11.2. The quantitative estimate of drug-likeness (QED) is 0.394. The van der Waals surface area contributed by atoms with Crippen LogP contribution in [-0.2, 0) is 16.0 Å². The number of ether oxygens (including phenoxy) is 2. The van der Waals surface area contributed by atoms with E-state index >= 15 is 0 Å². The molecule has 134 valence electrons. The average Bonchev–Trinajstić information content (AvgIpc) is 3.08. The number of hydrogen-bond acceptors (Lipinski definition) is 6. The lowest BCUT2D eigenvalue weighted by molar-refractivity contribution is 0.170. The Balaban J connectivity index is 2.01. The van der Waals surface area contributed by atoms with E-state index in [1.54, 1.807) is 7.11 Å². The first-order valence-corrected chi connectivity index (χ1v) is 8.43. The Bertz CT molecular complexity index is 732. The van der Waals surface area contributed by atoms with Crippen LogP contribution >= 0.6 is 11.3 Å². The van der Waals surface area contributed by atoms with E-state index in [0.29, 0.717) is 30.8 Å². The van der Waals surface area contributed by atoms with Crippen molar-refractivity contribution in [2.45, 2.75) is 6.54 Å². The van der Waals surface area contributed by atoms with Crippen molar-refractivity contribution in [3.05, 3.63) is 35.2 Å². The number of nitrogens with one attached hydrogen (secondary N) is 2. The molecule has 0 saturated carbocycles. The number of carbonyl (C=O) groups excluding carboxylic acids is 1. The van der Waals surface area contributed by atoms with E-state index in [-0.39, 0.29) is 0 Å². The standard InChI is InChI=1S/C16H21N5O3S/c1-23-7-6-18-14(17)21-15-20-13(10-25-15)12-5-3-4-11(8-12)9-19-16(22)24-2/h3-5,8,10H,6-7,9H2,1-2H3,(H,19,22)(H3,17,18,20,21). The lowest BCUT2D eigenvalue weighted by Gasteiger charge is -2.05. The molecule has 25 heavy (non-hydrogen) atoms. The molecule has 0 aliphatic rings. The molecule has 1 heterocycles. The number of benzene rings is 1. The fraction of sp³-hybridized carbons (Fsp3) is 0.312. The minimum absolute atomic E-state index is 0.300. The molecule has 0 fully saturated rings. The van der Waals surface area contributed by atoms with Gasteiger partial charge in [-0.25, -0.2) is 9.78 Å². The van der Waals surface area contributed by atoms with Crippen molar-refractivity contribution < 1.29 is 14.3 Å². The van der Waals surface area contributed by atoms with Gasteiger partial charge in [0.15, 0.2) is 11.1 Å². The van der Waals surface area contributed by atoms with Crippen LogP contribution in [0.5, 0.6) is 0 Å². The summed E-state index contributed by atoms with van der Waals surface area (Å²) in [5.41, 5.74) is 8.51. The average molecular weight is 363 g/mol. The molecule has 1 aromatic carbocycles. The highest BCUT2D eigenvalue weighted by atomic mass is 32.1. The van der Waals surface area contributed by atoms with Crippen LogP contribution in [0.1, 0.15) is 5.56 Å². The number of hydrogen-bond donors (Lipinski definition) is 3. The van der Waals surface area contributed by atoms with Gasteiger partial charge in [-0.15, -0.1) is 11.3 Å². The smallest absolute Gasteiger partial charge is 0.407 e. The summed E-state index contributed by atoms with van der Waals surface area (Å²) in [6.45, 7) is 1.38. The molecule has 0 bridgehead atoms. The van der Waals surface area contributed by atoms with Gasteiger partial charge in [0.25, 0.3) is 0 Å². The summed E-state index contributed by atoms with van der Waals surface area (Å²) in [5, 5.41) is 8.20. The molecule has 0 radical (unpaired) electrons. The van der Waals surface area contributed by atoms with Gasteiger partial charge >= 0.3 is 6.09 Å². The first kappa shape index (κ1) is 18.7. The summed E-state index contributed by atoms with van der Waals surface area (Å²) in [5.74, 6) is 0.300. The molecular weight excluding hydrogens is 342 g/mol. The summed E-state index contributed by atoms with van der Waals surface area (Å²) in [7, 11) is 2.95. The van der Waals surface area contributed by atoms with Gasteiger partial charge in [-0.1, -0.05) is 18.2 Å². The van der Waals surface area contributed by atoms with Crippen molar-refractivity contribution in [2.24, 2.45) is 10.7 Å². The predicted molar refractivity (Wildman–Crippen MR) is 98.8 cm³/mol. The molecule has 0 unspecified atom stereocenters. The predicted octanol–water partition coefficient (Wildman–Crippen LogP) is 2.04. The lowest BCUT2D eigenvalue weighted by atomic mass is 10.1.